The van der Waals surface area contributed by atoms with Crippen LogP contribution >= 0.6 is 11.3 Å². The van der Waals surface area contributed by atoms with Crippen molar-refractivity contribution < 1.29 is 14.0 Å². The van der Waals surface area contributed by atoms with Crippen LogP contribution in [0.25, 0.3) is 0 Å². The molecule has 0 fully saturated rings. The summed E-state index contributed by atoms with van der Waals surface area (Å²) in [6.45, 7) is 5.98. The molecule has 0 aliphatic carbocycles. The second-order valence-corrected chi connectivity index (χ2v) is 7.79. The second kappa shape index (κ2) is 8.96. The first-order valence-corrected chi connectivity index (χ1v) is 10.1. The lowest BCUT2D eigenvalue weighted by Gasteiger charge is -2.12. The number of amides is 2. The third-order valence-corrected chi connectivity index (χ3v) is 5.23. The molecule has 2 amide bonds. The van der Waals surface area contributed by atoms with Crippen LogP contribution in [-0.2, 0) is 11.2 Å². The maximum Gasteiger partial charge on any atom is 0.257 e. The smallest absolute Gasteiger partial charge is 0.257 e. The van der Waals surface area contributed by atoms with E-state index in [0.29, 0.717) is 23.5 Å². The van der Waals surface area contributed by atoms with Gasteiger partial charge in [-0.25, -0.2) is 9.37 Å². The van der Waals surface area contributed by atoms with E-state index < -0.39 is 5.82 Å². The molecule has 2 aromatic carbocycles. The van der Waals surface area contributed by atoms with Crippen LogP contribution in [0.3, 0.4) is 0 Å². The number of benzene rings is 2. The van der Waals surface area contributed by atoms with Gasteiger partial charge in [0.05, 0.1) is 5.69 Å². The van der Waals surface area contributed by atoms with Gasteiger partial charge in [-0.2, -0.15) is 0 Å². The fraction of sp³-hybridized carbons (Fsp3) is 0.227. The molecule has 29 heavy (non-hydrogen) atoms. The number of carbonyl (C=O) groups is 2. The van der Waals surface area contributed by atoms with Crippen LogP contribution in [0.2, 0.25) is 0 Å². The van der Waals surface area contributed by atoms with Gasteiger partial charge in [-0.05, 0) is 62.6 Å². The summed E-state index contributed by atoms with van der Waals surface area (Å²) in [4.78, 5) is 28.8. The number of anilines is 2. The number of nitrogens with zero attached hydrogens (tertiary/aromatic N) is 1. The molecule has 0 atom stereocenters. The number of aryl methyl sites for hydroxylation is 4. The van der Waals surface area contributed by atoms with Crippen LogP contribution in [0.1, 0.15) is 39.2 Å². The summed E-state index contributed by atoms with van der Waals surface area (Å²) in [5, 5.41) is 7.93. The standard InChI is InChI=1S/C22H22FN3O2S/c1-13-10-14(2)20(15(3)11-13)25-19(27)9-8-18-12-29-22(24-18)26-21(28)16-4-6-17(23)7-5-16/h4-7,10-12H,8-9H2,1-3H3,(H,25,27)(H,24,26,28). The Morgan fingerprint density at radius 3 is 2.34 bits per heavy atom. The largest absolute Gasteiger partial charge is 0.326 e. The van der Waals surface area contributed by atoms with Crippen molar-refractivity contribution in [3.05, 3.63) is 75.5 Å². The number of hydrogen-bond acceptors (Lipinski definition) is 4. The zero-order valence-corrected chi connectivity index (χ0v) is 17.3. The number of aromatic nitrogens is 1. The van der Waals surface area contributed by atoms with E-state index in [-0.39, 0.29) is 11.8 Å². The van der Waals surface area contributed by atoms with E-state index in [9.17, 15) is 14.0 Å². The molecule has 0 spiro atoms. The first-order chi connectivity index (χ1) is 13.8. The van der Waals surface area contributed by atoms with Crippen molar-refractivity contribution in [2.24, 2.45) is 0 Å². The summed E-state index contributed by atoms with van der Waals surface area (Å²) in [6, 6.07) is 9.38. The molecular weight excluding hydrogens is 389 g/mol. The molecule has 2 N–H and O–H groups in total. The van der Waals surface area contributed by atoms with Gasteiger partial charge in [0, 0.05) is 23.1 Å². The number of rotatable bonds is 6. The topological polar surface area (TPSA) is 71.1 Å². The molecule has 5 nitrogen and oxygen atoms in total. The molecule has 0 saturated heterocycles. The van der Waals surface area contributed by atoms with Gasteiger partial charge in [-0.3, -0.25) is 14.9 Å². The summed E-state index contributed by atoms with van der Waals surface area (Å²) in [7, 11) is 0. The number of hydrogen-bond donors (Lipinski definition) is 2. The Morgan fingerprint density at radius 1 is 1.03 bits per heavy atom. The maximum atomic E-state index is 13.0. The molecule has 0 aliphatic heterocycles. The third kappa shape index (κ3) is 5.48. The number of carbonyl (C=O) groups excluding carboxylic acids is 2. The fourth-order valence-corrected chi connectivity index (χ4v) is 3.81. The minimum atomic E-state index is -0.396. The molecule has 3 aromatic rings. The summed E-state index contributed by atoms with van der Waals surface area (Å²) in [5.74, 6) is -0.827. The molecule has 3 rings (SSSR count). The first-order valence-electron chi connectivity index (χ1n) is 9.21. The molecule has 0 radical (unpaired) electrons. The van der Waals surface area contributed by atoms with Crippen LogP contribution in [0.5, 0.6) is 0 Å². The van der Waals surface area contributed by atoms with Crippen molar-refractivity contribution in [2.75, 3.05) is 10.6 Å². The van der Waals surface area contributed by atoms with Gasteiger partial charge in [0.15, 0.2) is 5.13 Å². The predicted molar refractivity (Wildman–Crippen MR) is 114 cm³/mol. The highest BCUT2D eigenvalue weighted by atomic mass is 32.1. The Balaban J connectivity index is 1.54. The van der Waals surface area contributed by atoms with E-state index in [1.54, 1.807) is 0 Å². The monoisotopic (exact) mass is 411 g/mol. The van der Waals surface area contributed by atoms with Crippen LogP contribution in [0.4, 0.5) is 15.2 Å². The second-order valence-electron chi connectivity index (χ2n) is 6.93. The van der Waals surface area contributed by atoms with E-state index in [0.717, 1.165) is 28.1 Å². The minimum Gasteiger partial charge on any atom is -0.326 e. The van der Waals surface area contributed by atoms with Crippen LogP contribution < -0.4 is 10.6 Å². The lowest BCUT2D eigenvalue weighted by Crippen LogP contribution is -2.14. The number of halogens is 1. The van der Waals surface area contributed by atoms with Crippen molar-refractivity contribution in [3.63, 3.8) is 0 Å². The van der Waals surface area contributed by atoms with Crippen LogP contribution in [0.15, 0.2) is 41.8 Å². The molecule has 1 aromatic heterocycles. The molecule has 0 bridgehead atoms. The average Bonchev–Trinajstić information content (AvgIpc) is 3.11. The van der Waals surface area contributed by atoms with Crippen molar-refractivity contribution in [1.82, 2.24) is 4.98 Å². The van der Waals surface area contributed by atoms with Gasteiger partial charge in [0.25, 0.3) is 5.91 Å². The predicted octanol–water partition coefficient (Wildman–Crippen LogP) is 5.03. The Hall–Kier alpha value is -3.06. The summed E-state index contributed by atoms with van der Waals surface area (Å²) >= 11 is 1.29. The van der Waals surface area contributed by atoms with Gasteiger partial charge in [0.1, 0.15) is 5.82 Å². The molecule has 0 aliphatic rings. The minimum absolute atomic E-state index is 0.0787. The quantitative estimate of drug-likeness (QED) is 0.598. The lowest BCUT2D eigenvalue weighted by molar-refractivity contribution is -0.116. The molecule has 150 valence electrons. The van der Waals surface area contributed by atoms with E-state index in [1.807, 2.05) is 38.3 Å². The Kier molecular flexibility index (Phi) is 6.39. The normalized spacial score (nSPS) is 10.6. The molecule has 0 saturated carbocycles. The highest BCUT2D eigenvalue weighted by molar-refractivity contribution is 7.14. The van der Waals surface area contributed by atoms with E-state index in [1.165, 1.54) is 35.6 Å². The van der Waals surface area contributed by atoms with Crippen molar-refractivity contribution in [1.29, 1.82) is 0 Å². The van der Waals surface area contributed by atoms with E-state index in [2.05, 4.69) is 15.6 Å². The van der Waals surface area contributed by atoms with Gasteiger partial charge in [-0.15, -0.1) is 11.3 Å². The van der Waals surface area contributed by atoms with Gasteiger partial charge >= 0.3 is 0 Å². The Bertz CT molecular complexity index is 1020. The number of nitrogens with one attached hydrogen (secondary N) is 2. The van der Waals surface area contributed by atoms with Gasteiger partial charge < -0.3 is 5.32 Å². The highest BCUT2D eigenvalue weighted by Crippen LogP contribution is 2.23. The Labute approximate surface area is 173 Å². The molecular formula is C22H22FN3O2S. The third-order valence-electron chi connectivity index (χ3n) is 4.43. The van der Waals surface area contributed by atoms with Crippen molar-refractivity contribution in [3.8, 4) is 0 Å². The zero-order valence-electron chi connectivity index (χ0n) is 16.5. The highest BCUT2D eigenvalue weighted by Gasteiger charge is 2.12. The van der Waals surface area contributed by atoms with Crippen LogP contribution in [-0.4, -0.2) is 16.8 Å². The summed E-state index contributed by atoms with van der Waals surface area (Å²) < 4.78 is 13.0. The fourth-order valence-electron chi connectivity index (χ4n) is 3.07. The summed E-state index contributed by atoms with van der Waals surface area (Å²) in [5.41, 5.74) is 5.18. The van der Waals surface area contributed by atoms with Gasteiger partial charge in [-0.1, -0.05) is 17.7 Å². The number of thiazole rings is 1. The van der Waals surface area contributed by atoms with E-state index in [4.69, 9.17) is 0 Å². The van der Waals surface area contributed by atoms with Crippen LogP contribution in [0, 0.1) is 26.6 Å². The molecule has 1 heterocycles. The average molecular weight is 412 g/mol. The first kappa shape index (κ1) is 20.7. The SMILES string of the molecule is Cc1cc(C)c(NC(=O)CCc2csc(NC(=O)c3ccc(F)cc3)n2)c(C)c1. The van der Waals surface area contributed by atoms with E-state index >= 15 is 0 Å². The zero-order chi connectivity index (χ0) is 21.0. The van der Waals surface area contributed by atoms with Crippen molar-refractivity contribution >= 4 is 34.0 Å². The maximum absolute atomic E-state index is 13.0. The van der Waals surface area contributed by atoms with Crippen molar-refractivity contribution in [2.45, 2.75) is 33.6 Å². The summed E-state index contributed by atoms with van der Waals surface area (Å²) in [6.07, 6.45) is 0.764. The Morgan fingerprint density at radius 2 is 1.69 bits per heavy atom. The van der Waals surface area contributed by atoms with Gasteiger partial charge in [0.2, 0.25) is 5.91 Å². The lowest BCUT2D eigenvalue weighted by atomic mass is 10.0. The molecule has 7 heteroatoms. The molecule has 0 unspecified atom stereocenters.